The summed E-state index contributed by atoms with van der Waals surface area (Å²) in [5.74, 6) is 1.02. The Bertz CT molecular complexity index is 707. The Kier molecular flexibility index (Phi) is 4.06. The monoisotopic (exact) mass is 292 g/mol. The van der Waals surface area contributed by atoms with E-state index >= 15 is 0 Å². The smallest absolute Gasteiger partial charge is 0.154 e. The highest BCUT2D eigenvalue weighted by molar-refractivity contribution is 5.67. The van der Waals surface area contributed by atoms with E-state index in [-0.39, 0.29) is 0 Å². The largest absolute Gasteiger partial charge is 0.355 e. The maximum absolute atomic E-state index is 8.89. The zero-order valence-corrected chi connectivity index (χ0v) is 13.1. The van der Waals surface area contributed by atoms with Crippen LogP contribution in [0.4, 0.5) is 5.82 Å². The minimum Gasteiger partial charge on any atom is -0.355 e. The molecular weight excluding hydrogens is 272 g/mol. The van der Waals surface area contributed by atoms with E-state index in [1.807, 2.05) is 24.3 Å². The van der Waals surface area contributed by atoms with Gasteiger partial charge >= 0.3 is 0 Å². The maximum Gasteiger partial charge on any atom is 0.154 e. The second-order valence-corrected chi connectivity index (χ2v) is 5.86. The number of nitrogens with zero attached hydrogens (tertiary/aromatic N) is 4. The molecule has 0 spiro atoms. The number of hydrogen-bond acceptors (Lipinski definition) is 4. The van der Waals surface area contributed by atoms with Crippen LogP contribution in [0.3, 0.4) is 0 Å². The van der Waals surface area contributed by atoms with E-state index in [9.17, 15) is 0 Å². The van der Waals surface area contributed by atoms with Gasteiger partial charge in [-0.05, 0) is 56.4 Å². The second kappa shape index (κ2) is 6.15. The maximum atomic E-state index is 8.89. The number of benzene rings is 1. The molecule has 112 valence electrons. The van der Waals surface area contributed by atoms with Crippen LogP contribution in [-0.4, -0.2) is 23.3 Å². The lowest BCUT2D eigenvalue weighted by molar-refractivity contribution is 0.570. The van der Waals surface area contributed by atoms with E-state index in [1.54, 1.807) is 0 Å². The molecule has 1 aromatic carbocycles. The third-order valence-corrected chi connectivity index (χ3v) is 4.44. The molecule has 0 aliphatic carbocycles. The van der Waals surface area contributed by atoms with Gasteiger partial charge in [0.25, 0.3) is 0 Å². The highest BCUT2D eigenvalue weighted by Crippen LogP contribution is 2.29. The van der Waals surface area contributed by atoms with Crippen molar-refractivity contribution in [2.24, 2.45) is 0 Å². The zero-order valence-electron chi connectivity index (χ0n) is 13.1. The highest BCUT2D eigenvalue weighted by Gasteiger charge is 2.18. The number of rotatable bonds is 2. The Balaban J connectivity index is 1.96. The minimum absolute atomic E-state index is 0.663. The third kappa shape index (κ3) is 2.67. The first-order valence-corrected chi connectivity index (χ1v) is 7.80. The standard InChI is InChI=1S/C18H20N4/c1-13-14(2)18(22-10-4-3-5-11-22)21-20-17(13)16-8-6-15(12-19)7-9-16/h6-9H,3-5,10-11H2,1-2H3. The summed E-state index contributed by atoms with van der Waals surface area (Å²) in [4.78, 5) is 2.35. The average Bonchev–Trinajstić information content (AvgIpc) is 2.58. The third-order valence-electron chi connectivity index (χ3n) is 4.44. The Morgan fingerprint density at radius 1 is 0.955 bits per heavy atom. The van der Waals surface area contributed by atoms with Crippen molar-refractivity contribution in [3.8, 4) is 17.3 Å². The predicted molar refractivity (Wildman–Crippen MR) is 87.7 cm³/mol. The molecule has 2 heterocycles. The normalized spacial score (nSPS) is 14.7. The summed E-state index contributed by atoms with van der Waals surface area (Å²) >= 11 is 0. The number of nitriles is 1. The lowest BCUT2D eigenvalue weighted by Crippen LogP contribution is -2.31. The highest BCUT2D eigenvalue weighted by atomic mass is 15.3. The summed E-state index contributed by atoms with van der Waals surface area (Å²) in [5.41, 5.74) is 4.95. The summed E-state index contributed by atoms with van der Waals surface area (Å²) in [5, 5.41) is 17.9. The lowest BCUT2D eigenvalue weighted by Gasteiger charge is -2.29. The minimum atomic E-state index is 0.663. The number of aromatic nitrogens is 2. The molecule has 22 heavy (non-hydrogen) atoms. The van der Waals surface area contributed by atoms with Crippen LogP contribution < -0.4 is 4.90 Å². The summed E-state index contributed by atoms with van der Waals surface area (Å²) in [6.07, 6.45) is 3.78. The molecule has 1 aliphatic heterocycles. The Morgan fingerprint density at radius 2 is 1.64 bits per heavy atom. The van der Waals surface area contributed by atoms with Crippen LogP contribution in [0.2, 0.25) is 0 Å². The van der Waals surface area contributed by atoms with Gasteiger partial charge in [0.2, 0.25) is 0 Å². The topological polar surface area (TPSA) is 52.8 Å². The van der Waals surface area contributed by atoms with E-state index < -0.39 is 0 Å². The molecule has 3 rings (SSSR count). The fraction of sp³-hybridized carbons (Fsp3) is 0.389. The van der Waals surface area contributed by atoms with E-state index in [1.165, 1.54) is 30.4 Å². The average molecular weight is 292 g/mol. The van der Waals surface area contributed by atoms with Crippen molar-refractivity contribution in [3.63, 3.8) is 0 Å². The molecule has 0 atom stereocenters. The van der Waals surface area contributed by atoms with E-state index in [2.05, 4.69) is 35.0 Å². The van der Waals surface area contributed by atoms with Crippen LogP contribution in [0, 0.1) is 25.2 Å². The van der Waals surface area contributed by atoms with Crippen LogP contribution in [0.5, 0.6) is 0 Å². The Labute approximate surface area is 131 Å². The molecule has 0 unspecified atom stereocenters. The SMILES string of the molecule is Cc1c(-c2ccc(C#N)cc2)nnc(N2CCCCC2)c1C. The molecule has 1 saturated heterocycles. The van der Waals surface area contributed by atoms with E-state index in [4.69, 9.17) is 5.26 Å². The molecular formula is C18H20N4. The van der Waals surface area contributed by atoms with Crippen molar-refractivity contribution in [1.29, 1.82) is 5.26 Å². The van der Waals surface area contributed by atoms with Gasteiger partial charge in [-0.1, -0.05) is 12.1 Å². The van der Waals surface area contributed by atoms with E-state index in [0.717, 1.165) is 30.2 Å². The first kappa shape index (κ1) is 14.5. The van der Waals surface area contributed by atoms with Gasteiger partial charge in [0.15, 0.2) is 5.82 Å². The van der Waals surface area contributed by atoms with Gasteiger partial charge in [-0.15, -0.1) is 10.2 Å². The quantitative estimate of drug-likeness (QED) is 0.848. The van der Waals surface area contributed by atoms with E-state index in [0.29, 0.717) is 5.56 Å². The molecule has 0 N–H and O–H groups in total. The van der Waals surface area contributed by atoms with Crippen molar-refractivity contribution < 1.29 is 0 Å². The molecule has 0 radical (unpaired) electrons. The first-order valence-electron chi connectivity index (χ1n) is 7.80. The number of hydrogen-bond donors (Lipinski definition) is 0. The van der Waals surface area contributed by atoms with Crippen molar-refractivity contribution in [1.82, 2.24) is 10.2 Å². The zero-order chi connectivity index (χ0) is 15.5. The van der Waals surface area contributed by atoms with Crippen molar-refractivity contribution in [3.05, 3.63) is 41.0 Å². The van der Waals surface area contributed by atoms with Crippen molar-refractivity contribution in [2.75, 3.05) is 18.0 Å². The van der Waals surface area contributed by atoms with Crippen LogP contribution in [-0.2, 0) is 0 Å². The van der Waals surface area contributed by atoms with Crippen LogP contribution >= 0.6 is 0 Å². The molecule has 1 aromatic heterocycles. The molecule has 0 bridgehead atoms. The van der Waals surface area contributed by atoms with Gasteiger partial charge in [-0.2, -0.15) is 5.26 Å². The summed E-state index contributed by atoms with van der Waals surface area (Å²) < 4.78 is 0. The van der Waals surface area contributed by atoms with Crippen molar-refractivity contribution in [2.45, 2.75) is 33.1 Å². The molecule has 2 aromatic rings. The van der Waals surface area contributed by atoms with Gasteiger partial charge in [0.1, 0.15) is 0 Å². The van der Waals surface area contributed by atoms with Gasteiger partial charge in [-0.3, -0.25) is 0 Å². The van der Waals surface area contributed by atoms with Crippen LogP contribution in [0.1, 0.15) is 36.0 Å². The molecule has 0 saturated carbocycles. The molecule has 0 amide bonds. The summed E-state index contributed by atoms with van der Waals surface area (Å²) in [6.45, 7) is 6.38. The van der Waals surface area contributed by atoms with Crippen molar-refractivity contribution >= 4 is 5.82 Å². The fourth-order valence-corrected chi connectivity index (χ4v) is 2.98. The second-order valence-electron chi connectivity index (χ2n) is 5.86. The Hall–Kier alpha value is -2.41. The lowest BCUT2D eigenvalue weighted by atomic mass is 10.0. The van der Waals surface area contributed by atoms with Gasteiger partial charge < -0.3 is 4.90 Å². The molecule has 4 heteroatoms. The summed E-state index contributed by atoms with van der Waals surface area (Å²) in [7, 11) is 0. The van der Waals surface area contributed by atoms with Gasteiger partial charge in [-0.25, -0.2) is 0 Å². The van der Waals surface area contributed by atoms with Gasteiger partial charge in [0, 0.05) is 18.7 Å². The molecule has 1 fully saturated rings. The summed E-state index contributed by atoms with van der Waals surface area (Å²) in [6, 6.07) is 9.67. The number of anilines is 1. The van der Waals surface area contributed by atoms with Crippen LogP contribution in [0.15, 0.2) is 24.3 Å². The predicted octanol–water partition coefficient (Wildman–Crippen LogP) is 3.62. The molecule has 4 nitrogen and oxygen atoms in total. The first-order chi connectivity index (χ1) is 10.7. The fourth-order valence-electron chi connectivity index (χ4n) is 2.98. The molecule has 1 aliphatic rings. The van der Waals surface area contributed by atoms with Crippen LogP contribution in [0.25, 0.3) is 11.3 Å². The number of piperidine rings is 1. The van der Waals surface area contributed by atoms with Gasteiger partial charge in [0.05, 0.1) is 17.3 Å². The Morgan fingerprint density at radius 3 is 2.27 bits per heavy atom.